The summed E-state index contributed by atoms with van der Waals surface area (Å²) >= 11 is 3.95. The lowest BCUT2D eigenvalue weighted by Crippen LogP contribution is -2.31. The summed E-state index contributed by atoms with van der Waals surface area (Å²) in [6.45, 7) is 2.25. The average molecular weight is 299 g/mol. The predicted molar refractivity (Wildman–Crippen MR) is 80.6 cm³/mol. The van der Waals surface area contributed by atoms with Crippen LogP contribution in [-0.2, 0) is 0 Å². The van der Waals surface area contributed by atoms with Crippen molar-refractivity contribution in [1.29, 1.82) is 0 Å². The number of hydrogen-bond acceptors (Lipinski definition) is 6. The lowest BCUT2D eigenvalue weighted by molar-refractivity contribution is 0.289. The molecule has 1 aliphatic carbocycles. The normalized spacial score (nSPS) is 36.3. The van der Waals surface area contributed by atoms with Gasteiger partial charge >= 0.3 is 0 Å². The van der Waals surface area contributed by atoms with Crippen molar-refractivity contribution in [1.82, 2.24) is 10.1 Å². The minimum Gasteiger partial charge on any atom is -0.339 e. The van der Waals surface area contributed by atoms with E-state index in [0.717, 1.165) is 24.6 Å². The molecule has 2 heterocycles. The maximum Gasteiger partial charge on any atom is 0.231 e. The molecule has 4 unspecified atom stereocenters. The van der Waals surface area contributed by atoms with Crippen LogP contribution >= 0.6 is 23.5 Å². The van der Waals surface area contributed by atoms with E-state index in [2.05, 4.69) is 17.1 Å². The van der Waals surface area contributed by atoms with Gasteiger partial charge in [0.2, 0.25) is 5.89 Å². The van der Waals surface area contributed by atoms with Crippen LogP contribution in [0.1, 0.15) is 55.5 Å². The Morgan fingerprint density at radius 2 is 2.00 bits per heavy atom. The highest BCUT2D eigenvalue weighted by molar-refractivity contribution is 8.06. The molecule has 2 fully saturated rings. The molecule has 1 aromatic heterocycles. The molecular weight excluding hydrogens is 278 g/mol. The Hall–Kier alpha value is -0.200. The maximum absolute atomic E-state index is 6.19. The number of nitrogens with two attached hydrogens (primary N) is 1. The molecule has 106 valence electrons. The first-order valence-electron chi connectivity index (χ1n) is 7.08. The van der Waals surface area contributed by atoms with Crippen molar-refractivity contribution in [2.24, 2.45) is 5.73 Å². The summed E-state index contributed by atoms with van der Waals surface area (Å²) in [4.78, 5) is 4.67. The summed E-state index contributed by atoms with van der Waals surface area (Å²) < 4.78 is 5.51. The summed E-state index contributed by atoms with van der Waals surface area (Å²) in [5, 5.41) is 5.15. The van der Waals surface area contributed by atoms with Gasteiger partial charge in [0.05, 0.1) is 11.2 Å². The fourth-order valence-corrected chi connectivity index (χ4v) is 5.58. The van der Waals surface area contributed by atoms with E-state index in [1.165, 1.54) is 24.3 Å². The molecule has 0 radical (unpaired) electrons. The highest BCUT2D eigenvalue weighted by atomic mass is 32.2. The summed E-state index contributed by atoms with van der Waals surface area (Å²) in [5.74, 6) is 4.31. The van der Waals surface area contributed by atoms with E-state index in [0.29, 0.717) is 10.5 Å². The first-order chi connectivity index (χ1) is 9.25. The van der Waals surface area contributed by atoms with E-state index in [9.17, 15) is 0 Å². The molecule has 2 N–H and O–H groups in total. The molecule has 0 amide bonds. The van der Waals surface area contributed by atoms with Crippen LogP contribution in [0.5, 0.6) is 0 Å². The largest absolute Gasteiger partial charge is 0.339 e. The second-order valence-corrected chi connectivity index (χ2v) is 8.15. The van der Waals surface area contributed by atoms with Gasteiger partial charge in [0.1, 0.15) is 0 Å². The molecule has 6 heteroatoms. The third-order valence-corrected chi connectivity index (χ3v) is 7.12. The quantitative estimate of drug-likeness (QED) is 0.905. The summed E-state index contributed by atoms with van der Waals surface area (Å²) in [5.41, 5.74) is 6.19. The SMILES string of the molecule is CC1SCCSC1c1noc(C2CCCCC2N)n1. The molecule has 0 spiro atoms. The Morgan fingerprint density at radius 1 is 1.21 bits per heavy atom. The van der Waals surface area contributed by atoms with Crippen molar-refractivity contribution in [2.45, 2.75) is 55.1 Å². The van der Waals surface area contributed by atoms with Crippen LogP contribution in [-0.4, -0.2) is 32.9 Å². The Labute approximate surface area is 122 Å². The van der Waals surface area contributed by atoms with Crippen LogP contribution in [0.15, 0.2) is 4.52 Å². The van der Waals surface area contributed by atoms with Gasteiger partial charge in [-0.3, -0.25) is 0 Å². The Balaban J connectivity index is 1.75. The lowest BCUT2D eigenvalue weighted by Gasteiger charge is -2.26. The monoisotopic (exact) mass is 299 g/mol. The Kier molecular flexibility index (Phi) is 4.39. The third kappa shape index (κ3) is 2.95. The summed E-state index contributed by atoms with van der Waals surface area (Å²) in [6, 6.07) is 0.188. The number of rotatable bonds is 2. The molecule has 3 rings (SSSR count). The molecule has 0 bridgehead atoms. The van der Waals surface area contributed by atoms with Gasteiger partial charge in [-0.15, -0.1) is 11.8 Å². The fraction of sp³-hybridized carbons (Fsp3) is 0.846. The molecule has 1 aliphatic heterocycles. The molecule has 2 aliphatic rings. The molecule has 1 aromatic rings. The number of thioether (sulfide) groups is 2. The van der Waals surface area contributed by atoms with E-state index in [4.69, 9.17) is 10.3 Å². The molecule has 1 saturated carbocycles. The minimum absolute atomic E-state index is 0.188. The smallest absolute Gasteiger partial charge is 0.231 e. The first-order valence-corrected chi connectivity index (χ1v) is 9.17. The molecule has 4 nitrogen and oxygen atoms in total. The average Bonchev–Trinajstić information content (AvgIpc) is 2.89. The van der Waals surface area contributed by atoms with Crippen molar-refractivity contribution in [3.05, 3.63) is 11.7 Å². The van der Waals surface area contributed by atoms with Crippen LogP contribution in [0.4, 0.5) is 0 Å². The second-order valence-electron chi connectivity index (χ2n) is 5.41. The zero-order chi connectivity index (χ0) is 13.2. The van der Waals surface area contributed by atoms with E-state index in [1.807, 2.05) is 23.5 Å². The van der Waals surface area contributed by atoms with Crippen LogP contribution < -0.4 is 5.73 Å². The van der Waals surface area contributed by atoms with Crippen molar-refractivity contribution >= 4 is 23.5 Å². The highest BCUT2D eigenvalue weighted by Gasteiger charge is 2.32. The topological polar surface area (TPSA) is 64.9 Å². The fourth-order valence-electron chi connectivity index (χ4n) is 2.90. The molecule has 19 heavy (non-hydrogen) atoms. The zero-order valence-electron chi connectivity index (χ0n) is 11.2. The van der Waals surface area contributed by atoms with Crippen LogP contribution in [0.2, 0.25) is 0 Å². The summed E-state index contributed by atoms with van der Waals surface area (Å²) in [6.07, 6.45) is 4.61. The van der Waals surface area contributed by atoms with Crippen molar-refractivity contribution in [3.8, 4) is 0 Å². The highest BCUT2D eigenvalue weighted by Crippen LogP contribution is 2.42. The van der Waals surface area contributed by atoms with Crippen molar-refractivity contribution < 1.29 is 4.52 Å². The second kappa shape index (κ2) is 6.06. The molecule has 4 atom stereocenters. The van der Waals surface area contributed by atoms with Crippen LogP contribution in [0.25, 0.3) is 0 Å². The van der Waals surface area contributed by atoms with Crippen LogP contribution in [0, 0.1) is 0 Å². The lowest BCUT2D eigenvalue weighted by atomic mass is 9.85. The standard InChI is InChI=1S/C13H21N3OS2/c1-8-11(19-7-6-18-8)12-15-13(17-16-12)9-4-2-3-5-10(9)14/h8-11H,2-7,14H2,1H3. The molecule has 1 saturated heterocycles. The molecular formula is C13H21N3OS2. The zero-order valence-corrected chi connectivity index (χ0v) is 12.9. The number of aromatic nitrogens is 2. The van der Waals surface area contributed by atoms with Gasteiger partial charge in [-0.05, 0) is 12.8 Å². The van der Waals surface area contributed by atoms with Crippen molar-refractivity contribution in [2.75, 3.05) is 11.5 Å². The summed E-state index contributed by atoms with van der Waals surface area (Å²) in [7, 11) is 0. The Bertz CT molecular complexity index is 389. The van der Waals surface area contributed by atoms with E-state index in [1.54, 1.807) is 0 Å². The maximum atomic E-state index is 6.19. The first kappa shape index (κ1) is 13.8. The van der Waals surface area contributed by atoms with Gasteiger partial charge in [0.25, 0.3) is 0 Å². The van der Waals surface area contributed by atoms with Crippen molar-refractivity contribution in [3.63, 3.8) is 0 Å². The number of nitrogens with zero attached hydrogens (tertiary/aromatic N) is 2. The van der Waals surface area contributed by atoms with E-state index < -0.39 is 0 Å². The van der Waals surface area contributed by atoms with Crippen LogP contribution in [0.3, 0.4) is 0 Å². The van der Waals surface area contributed by atoms with Gasteiger partial charge < -0.3 is 10.3 Å². The molecule has 0 aromatic carbocycles. The van der Waals surface area contributed by atoms with Gasteiger partial charge in [0, 0.05) is 22.8 Å². The van der Waals surface area contributed by atoms with Gasteiger partial charge in [-0.1, -0.05) is 24.9 Å². The van der Waals surface area contributed by atoms with Gasteiger partial charge in [0.15, 0.2) is 5.82 Å². The minimum atomic E-state index is 0.188. The van der Waals surface area contributed by atoms with Gasteiger partial charge in [-0.2, -0.15) is 16.7 Å². The van der Waals surface area contributed by atoms with Gasteiger partial charge in [-0.25, -0.2) is 0 Å². The van der Waals surface area contributed by atoms with E-state index >= 15 is 0 Å². The third-order valence-electron chi connectivity index (χ3n) is 4.04. The number of hydrogen-bond donors (Lipinski definition) is 1. The van der Waals surface area contributed by atoms with E-state index in [-0.39, 0.29) is 12.0 Å². The predicted octanol–water partition coefficient (Wildman–Crippen LogP) is 2.96. The Morgan fingerprint density at radius 3 is 2.79 bits per heavy atom.